The molecule has 2 heterocycles. The molecule has 2 aliphatic heterocycles. The van der Waals surface area contributed by atoms with Crippen LogP contribution in [0, 0.1) is 12.8 Å². The van der Waals surface area contributed by atoms with E-state index in [4.69, 9.17) is 0 Å². The Labute approximate surface area is 161 Å². The van der Waals surface area contributed by atoms with E-state index < -0.39 is 0 Å². The van der Waals surface area contributed by atoms with E-state index in [9.17, 15) is 14.7 Å². The highest BCUT2D eigenvalue weighted by atomic mass is 16.3. The highest BCUT2D eigenvalue weighted by Gasteiger charge is 2.25. The molecular weight excluding hydrogens is 342 g/mol. The third kappa shape index (κ3) is 4.61. The van der Waals surface area contributed by atoms with Gasteiger partial charge < -0.3 is 20.2 Å². The van der Waals surface area contributed by atoms with Gasteiger partial charge in [0.25, 0.3) is 5.91 Å². The third-order valence-corrected chi connectivity index (χ3v) is 5.94. The second-order valence-corrected chi connectivity index (χ2v) is 7.92. The SMILES string of the molecule is Cc1cc(C(=O)N2CCCC[C@H]2C)ccc1NC(=O)N1CCC(CO)CC1. The lowest BCUT2D eigenvalue weighted by molar-refractivity contribution is 0.0635. The number of anilines is 1. The van der Waals surface area contributed by atoms with Crippen molar-refractivity contribution >= 4 is 17.6 Å². The zero-order valence-electron chi connectivity index (χ0n) is 16.4. The Morgan fingerprint density at radius 1 is 1.15 bits per heavy atom. The van der Waals surface area contributed by atoms with Gasteiger partial charge in [-0.25, -0.2) is 4.79 Å². The molecule has 0 spiro atoms. The maximum absolute atomic E-state index is 12.8. The number of hydrogen-bond acceptors (Lipinski definition) is 3. The number of likely N-dealkylation sites (tertiary alicyclic amines) is 2. The number of urea groups is 1. The van der Waals surface area contributed by atoms with Gasteiger partial charge in [0.15, 0.2) is 0 Å². The van der Waals surface area contributed by atoms with E-state index in [1.54, 1.807) is 4.90 Å². The summed E-state index contributed by atoms with van der Waals surface area (Å²) in [7, 11) is 0. The maximum atomic E-state index is 12.8. The van der Waals surface area contributed by atoms with Gasteiger partial charge in [0.2, 0.25) is 0 Å². The molecule has 0 aromatic heterocycles. The molecule has 3 amide bonds. The van der Waals surface area contributed by atoms with Crippen molar-refractivity contribution in [3.63, 3.8) is 0 Å². The van der Waals surface area contributed by atoms with Crippen molar-refractivity contribution in [2.45, 2.75) is 52.0 Å². The Balaban J connectivity index is 1.63. The average Bonchev–Trinajstić information content (AvgIpc) is 2.69. The summed E-state index contributed by atoms with van der Waals surface area (Å²) in [6, 6.07) is 5.68. The first-order valence-corrected chi connectivity index (χ1v) is 10.1. The number of carbonyl (C=O) groups is 2. The number of aryl methyl sites for hydroxylation is 1. The van der Waals surface area contributed by atoms with Crippen LogP contribution >= 0.6 is 0 Å². The molecule has 1 aromatic rings. The Morgan fingerprint density at radius 3 is 2.52 bits per heavy atom. The maximum Gasteiger partial charge on any atom is 0.321 e. The van der Waals surface area contributed by atoms with Crippen molar-refractivity contribution in [2.24, 2.45) is 5.92 Å². The number of aliphatic hydroxyl groups excluding tert-OH is 1. The van der Waals surface area contributed by atoms with Crippen LogP contribution in [0.15, 0.2) is 18.2 Å². The Bertz CT molecular complexity index is 683. The fourth-order valence-electron chi connectivity index (χ4n) is 4.02. The largest absolute Gasteiger partial charge is 0.396 e. The lowest BCUT2D eigenvalue weighted by atomic mass is 9.98. The van der Waals surface area contributed by atoms with Crippen molar-refractivity contribution < 1.29 is 14.7 Å². The number of hydrogen-bond donors (Lipinski definition) is 2. The van der Waals surface area contributed by atoms with Crippen molar-refractivity contribution in [2.75, 3.05) is 31.6 Å². The molecule has 2 aliphatic rings. The van der Waals surface area contributed by atoms with Crippen LogP contribution in [-0.2, 0) is 0 Å². The van der Waals surface area contributed by atoms with Crippen LogP contribution in [-0.4, -0.2) is 59.1 Å². The van der Waals surface area contributed by atoms with Gasteiger partial charge in [-0.05, 0) is 75.6 Å². The molecule has 2 fully saturated rings. The molecule has 0 unspecified atom stereocenters. The fraction of sp³-hybridized carbons (Fsp3) is 0.619. The molecule has 148 valence electrons. The topological polar surface area (TPSA) is 72.9 Å². The van der Waals surface area contributed by atoms with Gasteiger partial charge in [-0.2, -0.15) is 0 Å². The van der Waals surface area contributed by atoms with E-state index in [0.717, 1.165) is 43.5 Å². The summed E-state index contributed by atoms with van der Waals surface area (Å²) in [5.74, 6) is 0.382. The van der Waals surface area contributed by atoms with Gasteiger partial charge in [0.05, 0.1) is 0 Å². The van der Waals surface area contributed by atoms with E-state index in [-0.39, 0.29) is 24.6 Å². The number of amides is 3. The summed E-state index contributed by atoms with van der Waals surface area (Å²) in [6.07, 6.45) is 4.99. The predicted octanol–water partition coefficient (Wildman–Crippen LogP) is 3.25. The van der Waals surface area contributed by atoms with Crippen LogP contribution < -0.4 is 5.32 Å². The number of benzene rings is 1. The average molecular weight is 373 g/mol. The quantitative estimate of drug-likeness (QED) is 0.854. The molecule has 2 N–H and O–H groups in total. The second kappa shape index (κ2) is 8.74. The highest BCUT2D eigenvalue weighted by molar-refractivity contribution is 5.96. The van der Waals surface area contributed by atoms with Crippen LogP contribution in [0.4, 0.5) is 10.5 Å². The standard InChI is InChI=1S/C21H31N3O3/c1-15-13-18(20(26)24-10-4-3-5-16(24)2)6-7-19(15)22-21(27)23-11-8-17(14-25)9-12-23/h6-7,13,16-17,25H,3-5,8-12,14H2,1-2H3,(H,22,27)/t16-/m1/s1. The Hall–Kier alpha value is -2.08. The minimum Gasteiger partial charge on any atom is -0.396 e. The number of carbonyl (C=O) groups excluding carboxylic acids is 2. The fourth-order valence-corrected chi connectivity index (χ4v) is 4.02. The number of nitrogens with one attached hydrogen (secondary N) is 1. The molecule has 0 saturated carbocycles. The van der Waals surface area contributed by atoms with Crippen LogP contribution in [0.2, 0.25) is 0 Å². The lowest BCUT2D eigenvalue weighted by Gasteiger charge is -2.33. The monoisotopic (exact) mass is 373 g/mol. The summed E-state index contributed by atoms with van der Waals surface area (Å²) < 4.78 is 0. The zero-order valence-corrected chi connectivity index (χ0v) is 16.4. The molecule has 6 heteroatoms. The molecule has 1 aromatic carbocycles. The van der Waals surface area contributed by atoms with Gasteiger partial charge in [0.1, 0.15) is 0 Å². The summed E-state index contributed by atoms with van der Waals surface area (Å²) in [5, 5.41) is 12.2. The second-order valence-electron chi connectivity index (χ2n) is 7.92. The van der Waals surface area contributed by atoms with Gasteiger partial charge in [0, 0.05) is 43.5 Å². The molecule has 1 atom stereocenters. The third-order valence-electron chi connectivity index (χ3n) is 5.94. The number of aliphatic hydroxyl groups is 1. The minimum absolute atomic E-state index is 0.0780. The number of piperidine rings is 2. The van der Waals surface area contributed by atoms with Crippen LogP contribution in [0.5, 0.6) is 0 Å². The molecule has 0 bridgehead atoms. The van der Waals surface area contributed by atoms with E-state index in [1.165, 1.54) is 6.42 Å². The van der Waals surface area contributed by atoms with Crippen molar-refractivity contribution in [3.05, 3.63) is 29.3 Å². The molecular formula is C21H31N3O3. The van der Waals surface area contributed by atoms with Gasteiger partial charge in [-0.15, -0.1) is 0 Å². The van der Waals surface area contributed by atoms with E-state index in [0.29, 0.717) is 24.6 Å². The summed E-state index contributed by atoms with van der Waals surface area (Å²) in [6.45, 7) is 6.38. The van der Waals surface area contributed by atoms with E-state index in [1.807, 2.05) is 30.0 Å². The first kappa shape index (κ1) is 19.7. The molecule has 0 aliphatic carbocycles. The molecule has 27 heavy (non-hydrogen) atoms. The number of rotatable bonds is 3. The van der Waals surface area contributed by atoms with Crippen LogP contribution in [0.25, 0.3) is 0 Å². The summed E-state index contributed by atoms with van der Waals surface area (Å²) >= 11 is 0. The molecule has 2 saturated heterocycles. The van der Waals surface area contributed by atoms with Gasteiger partial charge >= 0.3 is 6.03 Å². The molecule has 0 radical (unpaired) electrons. The first-order valence-electron chi connectivity index (χ1n) is 10.1. The Morgan fingerprint density at radius 2 is 1.89 bits per heavy atom. The van der Waals surface area contributed by atoms with Gasteiger partial charge in [-0.1, -0.05) is 0 Å². The Kier molecular flexibility index (Phi) is 6.37. The highest BCUT2D eigenvalue weighted by Crippen LogP contribution is 2.23. The normalized spacial score (nSPS) is 21.2. The van der Waals surface area contributed by atoms with Crippen molar-refractivity contribution in [1.82, 2.24) is 9.80 Å². The molecule has 6 nitrogen and oxygen atoms in total. The summed E-state index contributed by atoms with van der Waals surface area (Å²) in [4.78, 5) is 29.1. The van der Waals surface area contributed by atoms with Crippen molar-refractivity contribution in [1.29, 1.82) is 0 Å². The smallest absolute Gasteiger partial charge is 0.321 e. The van der Waals surface area contributed by atoms with E-state index in [2.05, 4.69) is 12.2 Å². The zero-order chi connectivity index (χ0) is 19.4. The number of nitrogens with zero attached hydrogens (tertiary/aromatic N) is 2. The van der Waals surface area contributed by atoms with Crippen molar-refractivity contribution in [3.8, 4) is 0 Å². The van der Waals surface area contributed by atoms with Crippen LogP contribution in [0.3, 0.4) is 0 Å². The van der Waals surface area contributed by atoms with E-state index >= 15 is 0 Å². The predicted molar refractivity (Wildman–Crippen MR) is 106 cm³/mol. The first-order chi connectivity index (χ1) is 13.0. The van der Waals surface area contributed by atoms with Crippen LogP contribution in [0.1, 0.15) is 54.9 Å². The minimum atomic E-state index is -0.113. The molecule has 3 rings (SSSR count). The summed E-state index contributed by atoms with van der Waals surface area (Å²) in [5.41, 5.74) is 2.32. The lowest BCUT2D eigenvalue weighted by Crippen LogP contribution is -2.42. The van der Waals surface area contributed by atoms with Gasteiger partial charge in [-0.3, -0.25) is 4.79 Å².